The molecular formula is C41H50N4O3S. The minimum atomic E-state index is -0.974. The summed E-state index contributed by atoms with van der Waals surface area (Å²) in [6, 6.07) is 10.1. The summed E-state index contributed by atoms with van der Waals surface area (Å²) >= 11 is 1.44. The van der Waals surface area contributed by atoms with E-state index in [2.05, 4.69) is 39.1 Å². The Morgan fingerprint density at radius 1 is 0.939 bits per heavy atom. The van der Waals surface area contributed by atoms with Gasteiger partial charge in [0.1, 0.15) is 11.8 Å². The van der Waals surface area contributed by atoms with E-state index in [0.717, 1.165) is 53.0 Å². The molecular weight excluding hydrogens is 629 g/mol. The van der Waals surface area contributed by atoms with E-state index in [-0.39, 0.29) is 29.0 Å². The number of aliphatic hydroxyl groups is 1. The lowest BCUT2D eigenvalue weighted by atomic mass is 9.71. The molecule has 7 nitrogen and oxygen atoms in total. The molecule has 8 heteroatoms. The maximum absolute atomic E-state index is 13.8. The van der Waals surface area contributed by atoms with Crippen molar-refractivity contribution in [3.05, 3.63) is 81.5 Å². The number of carbonyl (C=O) groups is 2. The summed E-state index contributed by atoms with van der Waals surface area (Å²) in [5, 5.41) is 14.5. The normalized spacial score (nSPS) is 26.0. The number of rotatable bonds is 7. The van der Waals surface area contributed by atoms with Crippen LogP contribution in [0.2, 0.25) is 0 Å². The van der Waals surface area contributed by atoms with E-state index in [1.807, 2.05) is 48.8 Å². The molecule has 0 bridgehead atoms. The van der Waals surface area contributed by atoms with Crippen molar-refractivity contribution in [3.8, 4) is 11.4 Å². The summed E-state index contributed by atoms with van der Waals surface area (Å²) in [4.78, 5) is 40.1. The summed E-state index contributed by atoms with van der Waals surface area (Å²) in [6.45, 7) is 9.25. The van der Waals surface area contributed by atoms with E-state index < -0.39 is 6.04 Å². The quantitative estimate of drug-likeness (QED) is 0.260. The highest BCUT2D eigenvalue weighted by molar-refractivity contribution is 7.14. The van der Waals surface area contributed by atoms with Crippen LogP contribution >= 0.6 is 11.3 Å². The first-order valence-corrected chi connectivity index (χ1v) is 19.2. The Labute approximate surface area is 295 Å². The van der Waals surface area contributed by atoms with Crippen molar-refractivity contribution in [2.45, 2.75) is 109 Å². The van der Waals surface area contributed by atoms with Crippen molar-refractivity contribution >= 4 is 34.3 Å². The van der Waals surface area contributed by atoms with Crippen LogP contribution in [-0.4, -0.2) is 50.4 Å². The van der Waals surface area contributed by atoms with Gasteiger partial charge < -0.3 is 15.3 Å². The number of hydrogen-bond donors (Lipinski definition) is 2. The first-order chi connectivity index (χ1) is 23.6. The minimum absolute atomic E-state index is 0.0779. The number of carbonyl (C=O) groups excluding carboxylic acids is 2. The predicted octanol–water partition coefficient (Wildman–Crippen LogP) is 8.97. The van der Waals surface area contributed by atoms with Gasteiger partial charge in [0.15, 0.2) is 5.82 Å². The molecule has 7 rings (SSSR count). The smallest absolute Gasteiger partial charge is 0.262 e. The van der Waals surface area contributed by atoms with E-state index >= 15 is 0 Å². The van der Waals surface area contributed by atoms with Crippen LogP contribution in [0, 0.1) is 17.8 Å². The summed E-state index contributed by atoms with van der Waals surface area (Å²) in [7, 11) is 0. The van der Waals surface area contributed by atoms with Crippen LogP contribution in [0.1, 0.15) is 118 Å². The zero-order chi connectivity index (χ0) is 34.3. The number of hydrogen-bond acceptors (Lipinski definition) is 6. The zero-order valence-electron chi connectivity index (χ0n) is 29.4. The van der Waals surface area contributed by atoms with Gasteiger partial charge in [-0.25, -0.2) is 9.97 Å². The van der Waals surface area contributed by atoms with Crippen molar-refractivity contribution in [1.29, 1.82) is 0 Å². The maximum Gasteiger partial charge on any atom is 0.262 e. The molecule has 3 atom stereocenters. The molecule has 2 fully saturated rings. The molecule has 0 spiro atoms. The average Bonchev–Trinajstić information content (AvgIpc) is 3.83. The Morgan fingerprint density at radius 3 is 2.29 bits per heavy atom. The lowest BCUT2D eigenvalue weighted by Gasteiger charge is -2.36. The van der Waals surface area contributed by atoms with Crippen molar-refractivity contribution in [2.24, 2.45) is 17.8 Å². The van der Waals surface area contributed by atoms with Gasteiger partial charge in [0, 0.05) is 40.5 Å². The van der Waals surface area contributed by atoms with Gasteiger partial charge in [-0.3, -0.25) is 9.59 Å². The number of amides is 2. The Kier molecular flexibility index (Phi) is 9.53. The fourth-order valence-electron chi connectivity index (χ4n) is 8.50. The molecule has 2 aromatic heterocycles. The fourth-order valence-corrected chi connectivity index (χ4v) is 9.47. The second-order valence-electron chi connectivity index (χ2n) is 15.6. The van der Waals surface area contributed by atoms with Gasteiger partial charge in [0.2, 0.25) is 0 Å². The SMILES string of the molecule is CCC1CCC(C2CC=C(c3cnc(-c4ccc(C5=C(O)[C@@H]6CCCN6C(=O)[C@H]5NC(=O)c5ccc(C(C)(C)C)s5)cc4)nc3)CC2)CC1. The number of benzene rings is 1. The Morgan fingerprint density at radius 2 is 1.65 bits per heavy atom. The molecule has 3 aromatic rings. The largest absolute Gasteiger partial charge is 0.510 e. The average molecular weight is 679 g/mol. The molecule has 2 aliphatic carbocycles. The molecule has 1 aromatic carbocycles. The van der Waals surface area contributed by atoms with Crippen molar-refractivity contribution in [1.82, 2.24) is 20.2 Å². The molecule has 0 radical (unpaired) electrons. The molecule has 2 N–H and O–H groups in total. The van der Waals surface area contributed by atoms with E-state index in [9.17, 15) is 14.7 Å². The zero-order valence-corrected chi connectivity index (χ0v) is 30.2. The molecule has 2 aliphatic heterocycles. The van der Waals surface area contributed by atoms with E-state index in [1.165, 1.54) is 55.4 Å². The first kappa shape index (κ1) is 33.7. The number of allylic oxidation sites excluding steroid dienone is 2. The number of thiophene rings is 1. The maximum atomic E-state index is 13.8. The third-order valence-electron chi connectivity index (χ3n) is 11.6. The topological polar surface area (TPSA) is 95.4 Å². The Balaban J connectivity index is 1.06. The number of aliphatic hydroxyl groups excluding tert-OH is 1. The van der Waals surface area contributed by atoms with Crippen LogP contribution in [0.4, 0.5) is 0 Å². The van der Waals surface area contributed by atoms with Gasteiger partial charge in [-0.05, 0) is 91.4 Å². The van der Waals surface area contributed by atoms with E-state index in [1.54, 1.807) is 4.90 Å². The van der Waals surface area contributed by atoms with Gasteiger partial charge in [0.25, 0.3) is 11.8 Å². The third kappa shape index (κ3) is 6.86. The molecule has 1 unspecified atom stereocenters. The molecule has 2 amide bonds. The molecule has 1 saturated carbocycles. The van der Waals surface area contributed by atoms with Crippen LogP contribution in [0.5, 0.6) is 0 Å². The number of nitrogens with zero attached hydrogens (tertiary/aromatic N) is 3. The summed E-state index contributed by atoms with van der Waals surface area (Å²) in [5.74, 6) is 2.96. The summed E-state index contributed by atoms with van der Waals surface area (Å²) in [5.41, 5.74) is 4.41. The summed E-state index contributed by atoms with van der Waals surface area (Å²) < 4.78 is 0. The minimum Gasteiger partial charge on any atom is -0.510 e. The van der Waals surface area contributed by atoms with Gasteiger partial charge >= 0.3 is 0 Å². The molecule has 4 heterocycles. The van der Waals surface area contributed by atoms with Gasteiger partial charge in [0.05, 0.1) is 10.9 Å². The lowest BCUT2D eigenvalue weighted by molar-refractivity contribution is -0.133. The third-order valence-corrected chi connectivity index (χ3v) is 13.1. The molecule has 1 saturated heterocycles. The van der Waals surface area contributed by atoms with Crippen molar-refractivity contribution < 1.29 is 14.7 Å². The molecule has 258 valence electrons. The monoisotopic (exact) mass is 678 g/mol. The number of aromatic nitrogens is 2. The molecule has 4 aliphatic rings. The standard InChI is InChI=1S/C41H50N4O3S/c1-5-25-8-10-26(11-9-25)27-12-14-28(15-13-27)31-23-42-38(43-24-31)30-18-16-29(17-19-30)35-36(40(48)45-22-6-7-32(45)37(35)46)44-39(47)33-20-21-34(49-33)41(2,3)4/h14,16-21,23-27,32,36,46H,5-13,15,22H2,1-4H3,(H,44,47)/t25?,26?,27?,32-,36-/m0/s1. The highest BCUT2D eigenvalue weighted by Gasteiger charge is 2.45. The van der Waals surface area contributed by atoms with Crippen LogP contribution in [0.3, 0.4) is 0 Å². The summed E-state index contributed by atoms with van der Waals surface area (Å²) in [6.07, 6.45) is 18.3. The molecule has 49 heavy (non-hydrogen) atoms. The van der Waals surface area contributed by atoms with Crippen molar-refractivity contribution in [2.75, 3.05) is 6.54 Å². The first-order valence-electron chi connectivity index (χ1n) is 18.4. The highest BCUT2D eigenvalue weighted by Crippen LogP contribution is 2.42. The second-order valence-corrected chi connectivity index (χ2v) is 16.7. The van der Waals surface area contributed by atoms with Crippen LogP contribution in [0.25, 0.3) is 22.5 Å². The lowest BCUT2D eigenvalue weighted by Crippen LogP contribution is -2.54. The highest BCUT2D eigenvalue weighted by atomic mass is 32.1. The predicted molar refractivity (Wildman–Crippen MR) is 197 cm³/mol. The van der Waals surface area contributed by atoms with Gasteiger partial charge in [-0.2, -0.15) is 0 Å². The van der Waals surface area contributed by atoms with Crippen molar-refractivity contribution in [3.63, 3.8) is 0 Å². The number of fused-ring (bicyclic) bond motifs is 1. The van der Waals surface area contributed by atoms with E-state index in [4.69, 9.17) is 9.97 Å². The Hall–Kier alpha value is -3.78. The second kappa shape index (κ2) is 13.9. The van der Waals surface area contributed by atoms with Crippen LogP contribution < -0.4 is 5.32 Å². The van der Waals surface area contributed by atoms with E-state index in [0.29, 0.717) is 34.8 Å². The Bertz CT molecular complexity index is 1740. The van der Waals surface area contributed by atoms with Gasteiger partial charge in [-0.1, -0.05) is 77.3 Å². The number of nitrogens with one attached hydrogen (secondary N) is 1. The van der Waals surface area contributed by atoms with Crippen LogP contribution in [-0.2, 0) is 10.2 Å². The van der Waals surface area contributed by atoms with Crippen LogP contribution in [0.15, 0.2) is 60.6 Å². The van der Waals surface area contributed by atoms with Gasteiger partial charge in [-0.15, -0.1) is 11.3 Å². The fraction of sp³-hybridized carbons (Fsp3) is 0.512.